The lowest BCUT2D eigenvalue weighted by molar-refractivity contribution is 0.103. The van der Waals surface area contributed by atoms with E-state index in [-0.39, 0.29) is 28.7 Å². The van der Waals surface area contributed by atoms with Crippen LogP contribution in [0.5, 0.6) is 0 Å². The maximum atomic E-state index is 15.8. The van der Waals surface area contributed by atoms with Crippen molar-refractivity contribution in [2.45, 2.75) is 6.92 Å². The molecule has 0 unspecified atom stereocenters. The Morgan fingerprint density at radius 2 is 1.77 bits per heavy atom. The highest BCUT2D eigenvalue weighted by atomic mass is 32.2. The van der Waals surface area contributed by atoms with E-state index in [0.29, 0.717) is 11.5 Å². The Morgan fingerprint density at radius 3 is 2.45 bits per heavy atom. The molecular formula is C25H25F3N8O3S. The summed E-state index contributed by atoms with van der Waals surface area (Å²) in [6.07, 6.45) is 5.21. The maximum Gasteiger partial charge on any atom is 0.301 e. The number of carbonyl (C=O) groups is 1. The Balaban J connectivity index is 1.52. The number of rotatable bonds is 8. The summed E-state index contributed by atoms with van der Waals surface area (Å²) >= 11 is 0. The lowest BCUT2D eigenvalue weighted by atomic mass is 10.00. The van der Waals surface area contributed by atoms with Crippen molar-refractivity contribution in [3.8, 4) is 11.1 Å². The van der Waals surface area contributed by atoms with E-state index in [9.17, 15) is 17.6 Å². The number of fused-ring (bicyclic) bond motifs is 1. The largest absolute Gasteiger partial charge is 0.345 e. The molecule has 1 aliphatic heterocycles. The van der Waals surface area contributed by atoms with Crippen LogP contribution in [0.25, 0.3) is 22.2 Å². The zero-order valence-corrected chi connectivity index (χ0v) is 22.3. The molecule has 0 amide bonds. The van der Waals surface area contributed by atoms with Crippen molar-refractivity contribution in [1.82, 2.24) is 29.6 Å². The molecule has 0 bridgehead atoms. The summed E-state index contributed by atoms with van der Waals surface area (Å²) in [6, 6.07) is 1.62. The van der Waals surface area contributed by atoms with Gasteiger partial charge in [-0.2, -0.15) is 12.7 Å². The third-order valence-corrected chi connectivity index (χ3v) is 8.20. The number of piperazine rings is 1. The van der Waals surface area contributed by atoms with Crippen LogP contribution in [-0.2, 0) is 10.2 Å². The van der Waals surface area contributed by atoms with Gasteiger partial charge in [-0.1, -0.05) is 6.92 Å². The quantitative estimate of drug-likeness (QED) is 0.274. The summed E-state index contributed by atoms with van der Waals surface area (Å²) in [5.74, 6) is -4.26. The minimum Gasteiger partial charge on any atom is -0.345 e. The molecule has 1 saturated heterocycles. The molecule has 1 aromatic carbocycles. The highest BCUT2D eigenvalue weighted by Crippen LogP contribution is 2.32. The smallest absolute Gasteiger partial charge is 0.301 e. The predicted octanol–water partition coefficient (Wildman–Crippen LogP) is 2.69. The minimum absolute atomic E-state index is 0.0157. The summed E-state index contributed by atoms with van der Waals surface area (Å²) in [4.78, 5) is 30.8. The van der Waals surface area contributed by atoms with E-state index in [2.05, 4.69) is 25.3 Å². The third kappa shape index (κ3) is 4.98. The third-order valence-electron chi connectivity index (χ3n) is 6.64. The summed E-state index contributed by atoms with van der Waals surface area (Å²) in [7, 11) is -2.90. The molecule has 1 aliphatic rings. The fourth-order valence-electron chi connectivity index (χ4n) is 4.29. The maximum absolute atomic E-state index is 15.8. The van der Waals surface area contributed by atoms with Gasteiger partial charge in [-0.25, -0.2) is 28.1 Å². The second-order valence-corrected chi connectivity index (χ2v) is 10.8. The normalized spacial score (nSPS) is 14.2. The van der Waals surface area contributed by atoms with Crippen molar-refractivity contribution in [2.75, 3.05) is 49.4 Å². The van der Waals surface area contributed by atoms with Gasteiger partial charge in [0.05, 0.1) is 22.2 Å². The Kier molecular flexibility index (Phi) is 7.44. The van der Waals surface area contributed by atoms with Crippen LogP contribution in [0.2, 0.25) is 0 Å². The van der Waals surface area contributed by atoms with Gasteiger partial charge in [-0.05, 0) is 12.1 Å². The zero-order valence-electron chi connectivity index (χ0n) is 21.5. The Morgan fingerprint density at radius 1 is 1.07 bits per heavy atom. The van der Waals surface area contributed by atoms with Gasteiger partial charge >= 0.3 is 10.2 Å². The first-order chi connectivity index (χ1) is 19.1. The molecule has 0 atom stereocenters. The second-order valence-electron chi connectivity index (χ2n) is 9.05. The summed E-state index contributed by atoms with van der Waals surface area (Å²) in [5, 5.41) is 2.94. The molecular weight excluding hydrogens is 549 g/mol. The number of carbonyl (C=O) groups excluding carboxylic acids is 1. The molecule has 3 N–H and O–H groups in total. The molecule has 0 saturated carbocycles. The van der Waals surface area contributed by atoms with Crippen LogP contribution in [-0.4, -0.2) is 78.2 Å². The van der Waals surface area contributed by atoms with Gasteiger partial charge in [-0.15, -0.1) is 0 Å². The molecule has 15 heteroatoms. The number of anilines is 2. The first-order valence-corrected chi connectivity index (χ1v) is 13.8. The number of pyridine rings is 1. The van der Waals surface area contributed by atoms with Gasteiger partial charge in [-0.3, -0.25) is 9.52 Å². The van der Waals surface area contributed by atoms with Crippen LogP contribution >= 0.6 is 0 Å². The fraction of sp³-hybridized carbons (Fsp3) is 0.280. The number of benzene rings is 1. The standard InChI is InChI=1S/C25H25F3N8O3S/c1-3-35(2)40(38,39)34-18-5-4-17(26)20(22(18)28)23(37)16-13-31-24-19(16)21(27)15(12-30-24)14-10-32-25(33-11-14)36-8-6-29-7-9-36/h4-5,10-13,29,34H,3,6-9H2,1-2H3,(H,30,31). The molecule has 4 aromatic rings. The predicted molar refractivity (Wildman–Crippen MR) is 143 cm³/mol. The van der Waals surface area contributed by atoms with Crippen LogP contribution < -0.4 is 14.9 Å². The number of nitrogens with zero attached hydrogens (tertiary/aromatic N) is 5. The average molecular weight is 575 g/mol. The molecule has 11 nitrogen and oxygen atoms in total. The first kappa shape index (κ1) is 27.5. The zero-order chi connectivity index (χ0) is 28.6. The number of ketones is 1. The van der Waals surface area contributed by atoms with Gasteiger partial charge in [0.1, 0.15) is 17.3 Å². The number of nitrogens with one attached hydrogen (secondary N) is 3. The fourth-order valence-corrected chi connectivity index (χ4v) is 5.22. The molecule has 1 fully saturated rings. The second kappa shape index (κ2) is 10.8. The van der Waals surface area contributed by atoms with Crippen molar-refractivity contribution < 1.29 is 26.4 Å². The lowest BCUT2D eigenvalue weighted by Crippen LogP contribution is -2.44. The van der Waals surface area contributed by atoms with Crippen LogP contribution in [0.4, 0.5) is 24.8 Å². The average Bonchev–Trinajstić information content (AvgIpc) is 3.40. The number of aromatic nitrogens is 4. The number of halogens is 3. The summed E-state index contributed by atoms with van der Waals surface area (Å²) in [5.41, 5.74) is -1.81. The molecule has 4 heterocycles. The van der Waals surface area contributed by atoms with E-state index in [1.807, 2.05) is 9.62 Å². The van der Waals surface area contributed by atoms with Crippen molar-refractivity contribution >= 4 is 38.7 Å². The van der Waals surface area contributed by atoms with E-state index in [1.54, 1.807) is 6.92 Å². The van der Waals surface area contributed by atoms with Gasteiger partial charge in [0, 0.05) is 75.7 Å². The monoisotopic (exact) mass is 574 g/mol. The molecule has 40 heavy (non-hydrogen) atoms. The number of hydrogen-bond donors (Lipinski definition) is 3. The van der Waals surface area contributed by atoms with Crippen molar-refractivity contribution in [1.29, 1.82) is 0 Å². The van der Waals surface area contributed by atoms with Gasteiger partial charge in [0.25, 0.3) is 0 Å². The number of H-pyrrole nitrogens is 1. The highest BCUT2D eigenvalue weighted by molar-refractivity contribution is 7.90. The van der Waals surface area contributed by atoms with E-state index in [0.717, 1.165) is 48.8 Å². The van der Waals surface area contributed by atoms with E-state index >= 15 is 8.78 Å². The summed E-state index contributed by atoms with van der Waals surface area (Å²) < 4.78 is 73.6. The van der Waals surface area contributed by atoms with Crippen LogP contribution in [0.3, 0.4) is 0 Å². The van der Waals surface area contributed by atoms with E-state index in [1.165, 1.54) is 25.6 Å². The highest BCUT2D eigenvalue weighted by Gasteiger charge is 2.28. The lowest BCUT2D eigenvalue weighted by Gasteiger charge is -2.27. The minimum atomic E-state index is -4.17. The topological polar surface area (TPSA) is 136 Å². The van der Waals surface area contributed by atoms with Crippen molar-refractivity contribution in [3.63, 3.8) is 0 Å². The first-order valence-electron chi connectivity index (χ1n) is 12.3. The van der Waals surface area contributed by atoms with Crippen molar-refractivity contribution in [2.24, 2.45) is 0 Å². The Labute approximate surface area is 227 Å². The van der Waals surface area contributed by atoms with E-state index in [4.69, 9.17) is 0 Å². The number of hydrogen-bond acceptors (Lipinski definition) is 8. The van der Waals surface area contributed by atoms with E-state index < -0.39 is 44.7 Å². The number of aromatic amines is 1. The van der Waals surface area contributed by atoms with Crippen molar-refractivity contribution in [3.05, 3.63) is 65.5 Å². The van der Waals surface area contributed by atoms with Gasteiger partial charge in [0.15, 0.2) is 5.82 Å². The molecule has 5 rings (SSSR count). The van der Waals surface area contributed by atoms with Gasteiger partial charge < -0.3 is 15.2 Å². The molecule has 210 valence electrons. The SMILES string of the molecule is CCN(C)S(=O)(=O)Nc1ccc(F)c(C(=O)c2c[nH]c3ncc(-c4cnc(N5CCNCC5)nc4)c(F)c23)c1F. The van der Waals surface area contributed by atoms with Crippen LogP contribution in [0.15, 0.2) is 36.9 Å². The molecule has 3 aromatic heterocycles. The Hall–Kier alpha value is -4.08. The van der Waals surface area contributed by atoms with Crippen LogP contribution in [0, 0.1) is 17.5 Å². The Bertz CT molecular complexity index is 1690. The molecule has 0 spiro atoms. The molecule has 0 aliphatic carbocycles. The summed E-state index contributed by atoms with van der Waals surface area (Å²) in [6.45, 7) is 4.67. The van der Waals surface area contributed by atoms with Crippen LogP contribution in [0.1, 0.15) is 22.8 Å². The molecule has 0 radical (unpaired) electrons. The van der Waals surface area contributed by atoms with Gasteiger partial charge in [0.2, 0.25) is 11.7 Å².